The molecule has 1 aromatic heterocycles. The van der Waals surface area contributed by atoms with Gasteiger partial charge in [-0.05, 0) is 45.9 Å². The Morgan fingerprint density at radius 2 is 1.85 bits per heavy atom. The summed E-state index contributed by atoms with van der Waals surface area (Å²) in [4.78, 5) is 16.4. The lowest BCUT2D eigenvalue weighted by Crippen LogP contribution is -2.48. The number of guanidine groups is 1. The van der Waals surface area contributed by atoms with E-state index in [0.29, 0.717) is 19.0 Å². The van der Waals surface area contributed by atoms with Gasteiger partial charge in [0, 0.05) is 18.3 Å². The highest BCUT2D eigenvalue weighted by Gasteiger charge is 2.13. The highest BCUT2D eigenvalue weighted by atomic mass is 127. The largest absolute Gasteiger partial charge is 0.357 e. The van der Waals surface area contributed by atoms with E-state index in [9.17, 15) is 4.79 Å². The molecule has 2 rings (SSSR count). The zero-order chi connectivity index (χ0) is 19.0. The highest BCUT2D eigenvalue weighted by molar-refractivity contribution is 14.0. The average molecular weight is 484 g/mol. The third-order valence-corrected chi connectivity index (χ3v) is 3.34. The van der Waals surface area contributed by atoms with E-state index < -0.39 is 0 Å². The summed E-state index contributed by atoms with van der Waals surface area (Å²) in [7, 11) is 0. The third-order valence-electron chi connectivity index (χ3n) is 3.34. The molecule has 0 saturated heterocycles. The van der Waals surface area contributed by atoms with E-state index in [1.54, 1.807) is 0 Å². The molecule has 1 aromatic carbocycles. The van der Waals surface area contributed by atoms with Crippen LogP contribution in [0.3, 0.4) is 0 Å². The quantitative estimate of drug-likeness (QED) is 0.334. The first-order chi connectivity index (χ1) is 12.4. The number of halogens is 1. The van der Waals surface area contributed by atoms with Crippen molar-refractivity contribution >= 4 is 35.8 Å². The van der Waals surface area contributed by atoms with Crippen molar-refractivity contribution in [3.8, 4) is 5.69 Å². The van der Waals surface area contributed by atoms with Gasteiger partial charge >= 0.3 is 0 Å². The van der Waals surface area contributed by atoms with Crippen LogP contribution in [0.2, 0.25) is 0 Å². The van der Waals surface area contributed by atoms with Gasteiger partial charge in [0.1, 0.15) is 0 Å². The summed E-state index contributed by atoms with van der Waals surface area (Å²) in [5.74, 6) is 0.516. The van der Waals surface area contributed by atoms with E-state index in [0.717, 1.165) is 11.4 Å². The van der Waals surface area contributed by atoms with E-state index in [4.69, 9.17) is 0 Å². The van der Waals surface area contributed by atoms with Crippen molar-refractivity contribution in [2.24, 2.45) is 4.99 Å². The number of hydrogen-bond donors (Lipinski definition) is 3. The van der Waals surface area contributed by atoms with Crippen LogP contribution in [0.15, 0.2) is 47.6 Å². The first kappa shape index (κ1) is 22.9. The van der Waals surface area contributed by atoms with Crippen molar-refractivity contribution in [1.29, 1.82) is 0 Å². The normalized spacial score (nSPS) is 11.5. The number of rotatable bonds is 6. The predicted octanol–water partition coefficient (Wildman–Crippen LogP) is 2.46. The second-order valence-corrected chi connectivity index (χ2v) is 6.93. The number of carbonyl (C=O) groups excluding carboxylic acids is 1. The van der Waals surface area contributed by atoms with Gasteiger partial charge in [-0.15, -0.1) is 24.0 Å². The van der Waals surface area contributed by atoms with E-state index in [1.807, 2.05) is 75.0 Å². The zero-order valence-corrected chi connectivity index (χ0v) is 18.7. The fraction of sp³-hybridized carbons (Fsp3) is 0.421. The standard InChI is InChI=1S/C19H28N6O.HI/c1-5-20-18(22-14-17(26)23-19(2,3)4)21-13-15-11-12-25(24-15)16-9-7-6-8-10-16;/h6-12H,5,13-14H2,1-4H3,(H,23,26)(H2,20,21,22);1H. The Balaban J connectivity index is 0.00000364. The molecule has 0 unspecified atom stereocenters. The lowest BCUT2D eigenvalue weighted by molar-refractivity contribution is -0.121. The van der Waals surface area contributed by atoms with Crippen molar-refractivity contribution in [2.45, 2.75) is 39.8 Å². The molecule has 0 radical (unpaired) electrons. The van der Waals surface area contributed by atoms with Crippen molar-refractivity contribution in [3.05, 3.63) is 48.3 Å². The first-order valence-corrected chi connectivity index (χ1v) is 8.80. The van der Waals surface area contributed by atoms with Crippen LogP contribution in [-0.2, 0) is 11.3 Å². The molecule has 1 heterocycles. The summed E-state index contributed by atoms with van der Waals surface area (Å²) in [6.45, 7) is 9.15. The molecule has 2 aromatic rings. The fourth-order valence-corrected chi connectivity index (χ4v) is 2.30. The molecular weight excluding hydrogens is 455 g/mol. The van der Waals surface area contributed by atoms with Gasteiger partial charge in [0.05, 0.1) is 24.5 Å². The molecule has 7 nitrogen and oxygen atoms in total. The maximum absolute atomic E-state index is 11.9. The zero-order valence-electron chi connectivity index (χ0n) is 16.3. The summed E-state index contributed by atoms with van der Waals surface area (Å²) >= 11 is 0. The Hall–Kier alpha value is -2.10. The van der Waals surface area contributed by atoms with Gasteiger partial charge in [0.25, 0.3) is 0 Å². The van der Waals surface area contributed by atoms with Crippen LogP contribution in [0.4, 0.5) is 0 Å². The van der Waals surface area contributed by atoms with E-state index >= 15 is 0 Å². The Kier molecular flexibility index (Phi) is 9.27. The number of nitrogens with zero attached hydrogens (tertiary/aromatic N) is 3. The van der Waals surface area contributed by atoms with Crippen LogP contribution in [0.25, 0.3) is 5.69 Å². The first-order valence-electron chi connectivity index (χ1n) is 8.80. The summed E-state index contributed by atoms with van der Waals surface area (Å²) in [5.41, 5.74) is 1.61. The number of aromatic nitrogens is 2. The number of aliphatic imine (C=N–C) groups is 1. The van der Waals surface area contributed by atoms with Gasteiger partial charge in [-0.3, -0.25) is 4.79 Å². The number of amides is 1. The SMILES string of the molecule is CCNC(=NCc1ccn(-c2ccccc2)n1)NCC(=O)NC(C)(C)C.I. The third kappa shape index (κ3) is 8.42. The van der Waals surface area contributed by atoms with Crippen LogP contribution in [-0.4, -0.2) is 40.3 Å². The number of para-hydroxylation sites is 1. The van der Waals surface area contributed by atoms with Gasteiger partial charge in [0.15, 0.2) is 5.96 Å². The number of hydrogen-bond acceptors (Lipinski definition) is 3. The average Bonchev–Trinajstić information content (AvgIpc) is 3.05. The minimum absolute atomic E-state index is 0. The molecule has 0 aliphatic carbocycles. The minimum atomic E-state index is -0.251. The molecule has 0 aliphatic rings. The van der Waals surface area contributed by atoms with Crippen molar-refractivity contribution < 1.29 is 4.79 Å². The second kappa shape index (κ2) is 10.9. The molecule has 0 fully saturated rings. The van der Waals surface area contributed by atoms with Gasteiger partial charge in [-0.25, -0.2) is 9.67 Å². The Morgan fingerprint density at radius 3 is 2.48 bits per heavy atom. The monoisotopic (exact) mass is 484 g/mol. The molecule has 0 aliphatic heterocycles. The van der Waals surface area contributed by atoms with E-state index in [2.05, 4.69) is 26.0 Å². The molecule has 27 heavy (non-hydrogen) atoms. The lowest BCUT2D eigenvalue weighted by Gasteiger charge is -2.21. The molecule has 8 heteroatoms. The van der Waals surface area contributed by atoms with Crippen molar-refractivity contribution in [2.75, 3.05) is 13.1 Å². The van der Waals surface area contributed by atoms with Crippen LogP contribution in [0.5, 0.6) is 0 Å². The number of nitrogens with one attached hydrogen (secondary N) is 3. The Morgan fingerprint density at radius 1 is 1.15 bits per heavy atom. The second-order valence-electron chi connectivity index (χ2n) is 6.93. The Bertz CT molecular complexity index is 736. The maximum atomic E-state index is 11.9. The number of carbonyl (C=O) groups is 1. The van der Waals surface area contributed by atoms with Crippen molar-refractivity contribution in [1.82, 2.24) is 25.7 Å². The summed E-state index contributed by atoms with van der Waals surface area (Å²) in [5, 5.41) is 13.6. The minimum Gasteiger partial charge on any atom is -0.357 e. The Labute approximate surface area is 178 Å². The van der Waals surface area contributed by atoms with Crippen molar-refractivity contribution in [3.63, 3.8) is 0 Å². The van der Waals surface area contributed by atoms with Gasteiger partial charge < -0.3 is 16.0 Å². The molecule has 0 saturated carbocycles. The van der Waals surface area contributed by atoms with Crippen LogP contribution in [0, 0.1) is 0 Å². The maximum Gasteiger partial charge on any atom is 0.239 e. The summed E-state index contributed by atoms with van der Waals surface area (Å²) in [6.07, 6.45) is 1.91. The summed E-state index contributed by atoms with van der Waals surface area (Å²) < 4.78 is 1.82. The highest BCUT2D eigenvalue weighted by Crippen LogP contribution is 2.07. The molecule has 0 spiro atoms. The smallest absolute Gasteiger partial charge is 0.239 e. The van der Waals surface area contributed by atoms with E-state index in [1.165, 1.54) is 0 Å². The molecule has 148 valence electrons. The molecule has 0 atom stereocenters. The van der Waals surface area contributed by atoms with Crippen LogP contribution < -0.4 is 16.0 Å². The van der Waals surface area contributed by atoms with Gasteiger partial charge in [-0.1, -0.05) is 18.2 Å². The lowest BCUT2D eigenvalue weighted by atomic mass is 10.1. The predicted molar refractivity (Wildman–Crippen MR) is 120 cm³/mol. The van der Waals surface area contributed by atoms with E-state index in [-0.39, 0.29) is 42.0 Å². The molecule has 3 N–H and O–H groups in total. The number of benzene rings is 1. The van der Waals surface area contributed by atoms with Gasteiger partial charge in [0.2, 0.25) is 5.91 Å². The fourth-order valence-electron chi connectivity index (χ4n) is 2.30. The van der Waals surface area contributed by atoms with Gasteiger partial charge in [-0.2, -0.15) is 5.10 Å². The topological polar surface area (TPSA) is 83.3 Å². The molecular formula is C19H29IN6O. The van der Waals surface area contributed by atoms with Crippen LogP contribution >= 0.6 is 24.0 Å². The molecule has 0 bridgehead atoms. The molecule has 1 amide bonds. The van der Waals surface area contributed by atoms with Crippen LogP contribution in [0.1, 0.15) is 33.4 Å². The summed E-state index contributed by atoms with van der Waals surface area (Å²) in [6, 6.07) is 11.9.